The van der Waals surface area contributed by atoms with Crippen LogP contribution >= 0.6 is 0 Å². The number of aromatic nitrogens is 1. The Hall–Kier alpha value is -2.09. The van der Waals surface area contributed by atoms with E-state index in [9.17, 15) is 0 Å². The number of rotatable bonds is 2. The van der Waals surface area contributed by atoms with E-state index in [-0.39, 0.29) is 0 Å². The molecule has 1 heterocycles. The molecule has 0 spiro atoms. The van der Waals surface area contributed by atoms with Gasteiger partial charge in [-0.3, -0.25) is 0 Å². The number of fused-ring (bicyclic) bond motifs is 3. The van der Waals surface area contributed by atoms with E-state index in [0.717, 1.165) is 17.8 Å². The average Bonchev–Trinajstić information content (AvgIpc) is 2.45. The molecular weight excluding hydrogens is 220 g/mol. The second kappa shape index (κ2) is 4.30. The number of aryl methyl sites for hydroxylation is 1. The summed E-state index contributed by atoms with van der Waals surface area (Å²) in [5.41, 5.74) is 2.34. The van der Waals surface area contributed by atoms with E-state index >= 15 is 0 Å². The van der Waals surface area contributed by atoms with Gasteiger partial charge >= 0.3 is 0 Å². The lowest BCUT2D eigenvalue weighted by Crippen LogP contribution is -1.98. The lowest BCUT2D eigenvalue weighted by Gasteiger charge is -2.10. The van der Waals surface area contributed by atoms with Crippen molar-refractivity contribution in [1.29, 1.82) is 0 Å². The third-order valence-electron chi connectivity index (χ3n) is 3.41. The van der Waals surface area contributed by atoms with Crippen molar-refractivity contribution in [3.8, 4) is 0 Å². The average molecular weight is 236 g/mol. The van der Waals surface area contributed by atoms with Gasteiger partial charge in [-0.2, -0.15) is 0 Å². The molecule has 0 saturated carbocycles. The van der Waals surface area contributed by atoms with Crippen LogP contribution < -0.4 is 5.32 Å². The maximum Gasteiger partial charge on any atom is 0.129 e. The molecule has 0 bridgehead atoms. The van der Waals surface area contributed by atoms with Crippen LogP contribution in [0.5, 0.6) is 0 Å². The van der Waals surface area contributed by atoms with Crippen molar-refractivity contribution in [2.45, 2.75) is 13.3 Å². The van der Waals surface area contributed by atoms with E-state index in [1.54, 1.807) is 0 Å². The molecule has 0 saturated heterocycles. The smallest absolute Gasteiger partial charge is 0.129 e. The summed E-state index contributed by atoms with van der Waals surface area (Å²) in [5.74, 6) is 0.987. The Bertz CT molecular complexity index is 717. The Morgan fingerprint density at radius 1 is 1.06 bits per heavy atom. The molecule has 0 radical (unpaired) electrons. The van der Waals surface area contributed by atoms with E-state index in [2.05, 4.69) is 54.7 Å². The fourth-order valence-corrected chi connectivity index (χ4v) is 2.44. The molecule has 2 nitrogen and oxygen atoms in total. The van der Waals surface area contributed by atoms with Crippen LogP contribution in [-0.2, 0) is 6.42 Å². The Morgan fingerprint density at radius 2 is 1.83 bits per heavy atom. The molecule has 90 valence electrons. The van der Waals surface area contributed by atoms with Crippen molar-refractivity contribution >= 4 is 27.5 Å². The van der Waals surface area contributed by atoms with Crippen LogP contribution in [0.1, 0.15) is 12.5 Å². The second-order valence-electron chi connectivity index (χ2n) is 4.46. The molecule has 18 heavy (non-hydrogen) atoms. The van der Waals surface area contributed by atoms with Crippen LogP contribution in [0.4, 0.5) is 5.82 Å². The van der Waals surface area contributed by atoms with E-state index in [0.29, 0.717) is 0 Å². The number of nitrogens with zero attached hydrogens (tertiary/aromatic N) is 1. The molecule has 2 heteroatoms. The summed E-state index contributed by atoms with van der Waals surface area (Å²) in [4.78, 5) is 4.78. The van der Waals surface area contributed by atoms with Gasteiger partial charge in [0, 0.05) is 17.8 Å². The standard InChI is InChI=1S/C16H16N2/c1-3-11-10-13-9-8-12-6-4-5-7-14(12)15(13)18-16(11)17-2/h4-10H,3H2,1-2H3,(H,17,18). The summed E-state index contributed by atoms with van der Waals surface area (Å²) in [7, 11) is 1.93. The van der Waals surface area contributed by atoms with E-state index in [1.165, 1.54) is 21.7 Å². The number of hydrogen-bond acceptors (Lipinski definition) is 2. The molecule has 0 atom stereocenters. The summed E-state index contributed by atoms with van der Waals surface area (Å²) in [6.07, 6.45) is 0.992. The van der Waals surface area contributed by atoms with Crippen molar-refractivity contribution in [3.63, 3.8) is 0 Å². The lowest BCUT2D eigenvalue weighted by molar-refractivity contribution is 1.12. The van der Waals surface area contributed by atoms with Crippen LogP contribution in [0.15, 0.2) is 42.5 Å². The Kier molecular flexibility index (Phi) is 2.63. The molecule has 0 unspecified atom stereocenters. The minimum Gasteiger partial charge on any atom is -0.373 e. The number of hydrogen-bond donors (Lipinski definition) is 1. The first-order valence-corrected chi connectivity index (χ1v) is 6.32. The maximum atomic E-state index is 4.78. The molecule has 0 amide bonds. The van der Waals surface area contributed by atoms with Crippen LogP contribution in [0.3, 0.4) is 0 Å². The van der Waals surface area contributed by atoms with Gasteiger partial charge in [-0.05, 0) is 23.4 Å². The first kappa shape index (κ1) is 11.0. The summed E-state index contributed by atoms with van der Waals surface area (Å²) in [6.45, 7) is 2.16. The van der Waals surface area contributed by atoms with Gasteiger partial charge in [-0.25, -0.2) is 4.98 Å². The number of pyridine rings is 1. The molecule has 0 aliphatic carbocycles. The van der Waals surface area contributed by atoms with Crippen molar-refractivity contribution in [2.75, 3.05) is 12.4 Å². The zero-order valence-electron chi connectivity index (χ0n) is 10.7. The van der Waals surface area contributed by atoms with Gasteiger partial charge in [0.05, 0.1) is 5.52 Å². The fourth-order valence-electron chi connectivity index (χ4n) is 2.44. The predicted molar refractivity (Wildman–Crippen MR) is 78.2 cm³/mol. The van der Waals surface area contributed by atoms with E-state index in [4.69, 9.17) is 4.98 Å². The highest BCUT2D eigenvalue weighted by molar-refractivity contribution is 6.05. The topological polar surface area (TPSA) is 24.9 Å². The maximum absolute atomic E-state index is 4.78. The van der Waals surface area contributed by atoms with Gasteiger partial charge in [0.25, 0.3) is 0 Å². The summed E-state index contributed by atoms with van der Waals surface area (Å²) < 4.78 is 0. The van der Waals surface area contributed by atoms with Crippen molar-refractivity contribution in [1.82, 2.24) is 4.98 Å². The molecule has 0 aliphatic heterocycles. The molecule has 2 aromatic carbocycles. The highest BCUT2D eigenvalue weighted by atomic mass is 15.0. The molecular formula is C16H16N2. The quantitative estimate of drug-likeness (QED) is 0.680. The molecule has 0 aliphatic rings. The normalized spacial score (nSPS) is 11.0. The number of anilines is 1. The lowest BCUT2D eigenvalue weighted by atomic mass is 10.0. The molecule has 0 fully saturated rings. The monoisotopic (exact) mass is 236 g/mol. The van der Waals surface area contributed by atoms with Gasteiger partial charge in [0.15, 0.2) is 0 Å². The predicted octanol–water partition coefficient (Wildman–Crippen LogP) is 3.99. The van der Waals surface area contributed by atoms with E-state index in [1.807, 2.05) is 7.05 Å². The Balaban J connectivity index is 2.43. The van der Waals surface area contributed by atoms with Gasteiger partial charge < -0.3 is 5.32 Å². The van der Waals surface area contributed by atoms with Crippen LogP contribution in [-0.4, -0.2) is 12.0 Å². The Labute approximate surface area is 107 Å². The molecule has 1 N–H and O–H groups in total. The minimum absolute atomic E-state index is 0.987. The summed E-state index contributed by atoms with van der Waals surface area (Å²) >= 11 is 0. The number of nitrogens with one attached hydrogen (secondary N) is 1. The molecule has 1 aromatic heterocycles. The summed E-state index contributed by atoms with van der Waals surface area (Å²) in [5, 5.41) is 6.86. The highest BCUT2D eigenvalue weighted by Gasteiger charge is 2.06. The number of benzene rings is 2. The van der Waals surface area contributed by atoms with Gasteiger partial charge in [-0.15, -0.1) is 0 Å². The zero-order valence-corrected chi connectivity index (χ0v) is 10.7. The Morgan fingerprint density at radius 3 is 2.61 bits per heavy atom. The van der Waals surface area contributed by atoms with E-state index < -0.39 is 0 Å². The third kappa shape index (κ3) is 1.61. The van der Waals surface area contributed by atoms with Gasteiger partial charge in [-0.1, -0.05) is 43.3 Å². The van der Waals surface area contributed by atoms with Crippen molar-refractivity contribution in [3.05, 3.63) is 48.0 Å². The third-order valence-corrected chi connectivity index (χ3v) is 3.41. The minimum atomic E-state index is 0.987. The largest absolute Gasteiger partial charge is 0.373 e. The van der Waals surface area contributed by atoms with Gasteiger partial charge in [0.2, 0.25) is 0 Å². The molecule has 3 rings (SSSR count). The highest BCUT2D eigenvalue weighted by Crippen LogP contribution is 2.27. The second-order valence-corrected chi connectivity index (χ2v) is 4.46. The van der Waals surface area contributed by atoms with Crippen LogP contribution in [0, 0.1) is 0 Å². The fraction of sp³-hybridized carbons (Fsp3) is 0.188. The zero-order chi connectivity index (χ0) is 12.5. The van der Waals surface area contributed by atoms with Crippen molar-refractivity contribution < 1.29 is 0 Å². The van der Waals surface area contributed by atoms with Crippen molar-refractivity contribution in [2.24, 2.45) is 0 Å². The van der Waals surface area contributed by atoms with Crippen LogP contribution in [0.2, 0.25) is 0 Å². The first-order valence-electron chi connectivity index (χ1n) is 6.32. The SMILES string of the molecule is CCc1cc2ccc3ccccc3c2nc1NC. The molecule has 3 aromatic rings. The summed E-state index contributed by atoms with van der Waals surface area (Å²) in [6, 6.07) is 14.9. The van der Waals surface area contributed by atoms with Gasteiger partial charge in [0.1, 0.15) is 5.82 Å². The van der Waals surface area contributed by atoms with Crippen LogP contribution in [0.25, 0.3) is 21.7 Å². The first-order chi connectivity index (χ1) is 8.83.